The van der Waals surface area contributed by atoms with Crippen molar-refractivity contribution < 1.29 is 28.6 Å². The Labute approximate surface area is 182 Å². The number of nitrogens with zero attached hydrogens (tertiary/aromatic N) is 1. The maximum Gasteiger partial charge on any atom is 0.349 e. The van der Waals surface area contributed by atoms with Gasteiger partial charge in [-0.3, -0.25) is 14.5 Å². The summed E-state index contributed by atoms with van der Waals surface area (Å²) >= 11 is 5.22. The summed E-state index contributed by atoms with van der Waals surface area (Å²) in [5.74, 6) is -0.690. The molecule has 1 fully saturated rings. The number of thiocarbonyl (C=S) groups is 1. The van der Waals surface area contributed by atoms with Crippen LogP contribution in [0, 0.1) is 0 Å². The van der Waals surface area contributed by atoms with Gasteiger partial charge in [-0.05, 0) is 48.1 Å². The Balaban J connectivity index is 1.64. The quantitative estimate of drug-likeness (QED) is 0.257. The highest BCUT2D eigenvalue weighted by Crippen LogP contribution is 2.30. The second-order valence-electron chi connectivity index (χ2n) is 6.54. The SMILES string of the molecule is COc1ccc(/C=C2/NC(=S)N(/C=C3/C(=O)Oc4ccccc4C3=O)C2=O)cc1OC. The lowest BCUT2D eigenvalue weighted by Gasteiger charge is -2.18. The molecule has 0 bridgehead atoms. The number of ether oxygens (including phenoxy) is 3. The summed E-state index contributed by atoms with van der Waals surface area (Å²) in [7, 11) is 3.03. The number of para-hydroxylation sites is 1. The Morgan fingerprint density at radius 1 is 1.03 bits per heavy atom. The minimum Gasteiger partial charge on any atom is -0.493 e. The molecule has 9 heteroatoms. The highest BCUT2D eigenvalue weighted by atomic mass is 32.1. The molecule has 0 aliphatic carbocycles. The number of hydrogen-bond donors (Lipinski definition) is 1. The van der Waals surface area contributed by atoms with Gasteiger partial charge in [-0.2, -0.15) is 0 Å². The second-order valence-corrected chi connectivity index (χ2v) is 6.92. The van der Waals surface area contributed by atoms with Crippen LogP contribution in [0.5, 0.6) is 17.2 Å². The smallest absolute Gasteiger partial charge is 0.349 e. The fourth-order valence-corrected chi connectivity index (χ4v) is 3.40. The molecule has 1 saturated heterocycles. The molecule has 2 aromatic carbocycles. The van der Waals surface area contributed by atoms with E-state index in [9.17, 15) is 14.4 Å². The predicted molar refractivity (Wildman–Crippen MR) is 115 cm³/mol. The van der Waals surface area contributed by atoms with Gasteiger partial charge in [0.15, 0.2) is 16.6 Å². The fourth-order valence-electron chi connectivity index (χ4n) is 3.15. The first kappa shape index (κ1) is 20.3. The number of rotatable bonds is 4. The van der Waals surface area contributed by atoms with Crippen molar-refractivity contribution in [2.24, 2.45) is 0 Å². The van der Waals surface area contributed by atoms with E-state index < -0.39 is 17.7 Å². The summed E-state index contributed by atoms with van der Waals surface area (Å²) in [5.41, 5.74) is 0.780. The number of methoxy groups -OCH3 is 2. The molecular formula is C22H16N2O6S. The Morgan fingerprint density at radius 3 is 2.52 bits per heavy atom. The van der Waals surface area contributed by atoms with E-state index in [1.807, 2.05) is 0 Å². The third kappa shape index (κ3) is 3.66. The first-order valence-electron chi connectivity index (χ1n) is 9.09. The van der Waals surface area contributed by atoms with E-state index in [0.29, 0.717) is 17.1 Å². The van der Waals surface area contributed by atoms with E-state index in [1.54, 1.807) is 42.5 Å². The molecule has 2 aromatic rings. The Kier molecular flexibility index (Phi) is 5.26. The molecule has 0 saturated carbocycles. The van der Waals surface area contributed by atoms with Crippen molar-refractivity contribution in [3.8, 4) is 17.2 Å². The van der Waals surface area contributed by atoms with E-state index in [4.69, 9.17) is 26.4 Å². The first-order chi connectivity index (χ1) is 14.9. The maximum atomic E-state index is 12.9. The van der Waals surface area contributed by atoms with Crippen LogP contribution < -0.4 is 19.5 Å². The number of ketones is 1. The molecule has 8 nitrogen and oxygen atoms in total. The number of hydrogen-bond acceptors (Lipinski definition) is 7. The summed E-state index contributed by atoms with van der Waals surface area (Å²) in [6, 6.07) is 11.5. The van der Waals surface area contributed by atoms with Gasteiger partial charge in [-0.15, -0.1) is 0 Å². The van der Waals surface area contributed by atoms with Crippen molar-refractivity contribution in [1.29, 1.82) is 0 Å². The van der Waals surface area contributed by atoms with Crippen LogP contribution in [0.25, 0.3) is 6.08 Å². The lowest BCUT2D eigenvalue weighted by atomic mass is 10.0. The average Bonchev–Trinajstić information content (AvgIpc) is 3.03. The van der Waals surface area contributed by atoms with Crippen molar-refractivity contribution in [1.82, 2.24) is 10.2 Å². The van der Waals surface area contributed by atoms with Gasteiger partial charge in [0.25, 0.3) is 5.91 Å². The van der Waals surface area contributed by atoms with E-state index >= 15 is 0 Å². The average molecular weight is 436 g/mol. The van der Waals surface area contributed by atoms with Crippen molar-refractivity contribution >= 4 is 41.1 Å². The molecule has 2 heterocycles. The van der Waals surface area contributed by atoms with Crippen LogP contribution in [-0.4, -0.2) is 41.9 Å². The number of carbonyl (C=O) groups excluding carboxylic acids is 3. The number of benzene rings is 2. The lowest BCUT2D eigenvalue weighted by molar-refractivity contribution is -0.130. The van der Waals surface area contributed by atoms with Gasteiger partial charge in [-0.25, -0.2) is 4.79 Å². The lowest BCUT2D eigenvalue weighted by Crippen LogP contribution is -2.31. The van der Waals surface area contributed by atoms with Crippen LogP contribution >= 0.6 is 12.2 Å². The van der Waals surface area contributed by atoms with Crippen molar-refractivity contribution in [3.63, 3.8) is 0 Å². The third-order valence-corrected chi connectivity index (χ3v) is 4.98. The minimum atomic E-state index is -0.850. The van der Waals surface area contributed by atoms with Crippen molar-refractivity contribution in [3.05, 3.63) is 71.1 Å². The monoisotopic (exact) mass is 436 g/mol. The van der Waals surface area contributed by atoms with Crippen LogP contribution in [0.2, 0.25) is 0 Å². The van der Waals surface area contributed by atoms with Crippen LogP contribution in [0.15, 0.2) is 59.9 Å². The van der Waals surface area contributed by atoms with Crippen LogP contribution in [0.4, 0.5) is 0 Å². The van der Waals surface area contributed by atoms with E-state index in [-0.39, 0.29) is 27.7 Å². The maximum absolute atomic E-state index is 12.9. The van der Waals surface area contributed by atoms with Gasteiger partial charge >= 0.3 is 5.97 Å². The zero-order valence-electron chi connectivity index (χ0n) is 16.5. The van der Waals surface area contributed by atoms with Gasteiger partial charge in [0.05, 0.1) is 19.8 Å². The van der Waals surface area contributed by atoms with Gasteiger partial charge < -0.3 is 19.5 Å². The van der Waals surface area contributed by atoms with Gasteiger partial charge in [0.2, 0.25) is 5.78 Å². The molecular weight excluding hydrogens is 420 g/mol. The first-order valence-corrected chi connectivity index (χ1v) is 9.49. The number of nitrogens with one attached hydrogen (secondary N) is 1. The second kappa shape index (κ2) is 8.04. The summed E-state index contributed by atoms with van der Waals surface area (Å²) in [4.78, 5) is 38.9. The van der Waals surface area contributed by atoms with Gasteiger partial charge in [0.1, 0.15) is 17.0 Å². The highest BCUT2D eigenvalue weighted by Gasteiger charge is 2.35. The highest BCUT2D eigenvalue weighted by molar-refractivity contribution is 7.80. The third-order valence-electron chi connectivity index (χ3n) is 4.69. The largest absolute Gasteiger partial charge is 0.493 e. The Bertz CT molecular complexity index is 1200. The number of fused-ring (bicyclic) bond motifs is 1. The zero-order chi connectivity index (χ0) is 22.1. The normalized spacial score (nSPS) is 18.2. The predicted octanol–water partition coefficient (Wildman–Crippen LogP) is 2.45. The van der Waals surface area contributed by atoms with Crippen molar-refractivity contribution in [2.45, 2.75) is 0 Å². The topological polar surface area (TPSA) is 94.2 Å². The molecule has 0 spiro atoms. The van der Waals surface area contributed by atoms with E-state index in [0.717, 1.165) is 11.1 Å². The molecule has 0 radical (unpaired) electrons. The van der Waals surface area contributed by atoms with Crippen LogP contribution in [0.3, 0.4) is 0 Å². The standard InChI is InChI=1S/C22H16N2O6S/c1-28-17-8-7-12(10-18(17)29-2)9-15-20(26)24(22(31)23-15)11-14-19(25)13-5-3-4-6-16(13)30-21(14)27/h3-11H,1-2H3,(H,23,31)/b14-11+,15-9+. The summed E-state index contributed by atoms with van der Waals surface area (Å²) in [6.45, 7) is 0. The molecule has 2 aliphatic heterocycles. The Hall–Kier alpha value is -3.98. The molecule has 156 valence electrons. The minimum absolute atomic E-state index is 0.0312. The van der Waals surface area contributed by atoms with Crippen LogP contribution in [0.1, 0.15) is 15.9 Å². The molecule has 0 atom stereocenters. The van der Waals surface area contributed by atoms with E-state index in [1.165, 1.54) is 20.3 Å². The summed E-state index contributed by atoms with van der Waals surface area (Å²) in [6.07, 6.45) is 2.68. The number of carbonyl (C=O) groups is 3. The molecule has 31 heavy (non-hydrogen) atoms. The molecule has 1 N–H and O–H groups in total. The molecule has 1 amide bonds. The molecule has 0 aromatic heterocycles. The number of amides is 1. The van der Waals surface area contributed by atoms with Gasteiger partial charge in [-0.1, -0.05) is 18.2 Å². The van der Waals surface area contributed by atoms with Crippen molar-refractivity contribution in [2.75, 3.05) is 14.2 Å². The summed E-state index contributed by atoms with van der Waals surface area (Å²) in [5, 5.41) is 2.83. The van der Waals surface area contributed by atoms with E-state index in [2.05, 4.69) is 5.32 Å². The molecule has 0 unspecified atom stereocenters. The fraction of sp³-hybridized carbons (Fsp3) is 0.0909. The number of Topliss-reactive ketones (excluding diaryl/α,β-unsaturated/α-hetero) is 1. The zero-order valence-corrected chi connectivity index (χ0v) is 17.3. The Morgan fingerprint density at radius 2 is 1.77 bits per heavy atom. The summed E-state index contributed by atoms with van der Waals surface area (Å²) < 4.78 is 15.7. The molecule has 4 rings (SSSR count). The number of esters is 1. The van der Waals surface area contributed by atoms with Gasteiger partial charge in [0, 0.05) is 6.20 Å². The molecule has 2 aliphatic rings. The van der Waals surface area contributed by atoms with Crippen LogP contribution in [-0.2, 0) is 9.59 Å².